The minimum absolute atomic E-state index is 0.0488. The van der Waals surface area contributed by atoms with Crippen LogP contribution in [0.5, 0.6) is 0 Å². The number of carbonyl (C=O) groups is 1. The van der Waals surface area contributed by atoms with E-state index in [0.29, 0.717) is 18.2 Å². The first kappa shape index (κ1) is 21.1. The Hall–Kier alpha value is -2.72. The van der Waals surface area contributed by atoms with Gasteiger partial charge >= 0.3 is 0 Å². The van der Waals surface area contributed by atoms with Crippen LogP contribution in [0.4, 0.5) is 5.13 Å². The monoisotopic (exact) mass is 486 g/mol. The van der Waals surface area contributed by atoms with Crippen molar-refractivity contribution in [2.75, 3.05) is 18.4 Å². The topological polar surface area (TPSA) is 95.2 Å². The fraction of sp³-hybridized carbons (Fsp3) is 0.182. The van der Waals surface area contributed by atoms with Crippen LogP contribution in [0, 0.1) is 0 Å². The average Bonchev–Trinajstić information content (AvgIpc) is 3.54. The molecule has 2 aromatic heterocycles. The molecule has 0 saturated carbocycles. The summed E-state index contributed by atoms with van der Waals surface area (Å²) in [6.07, 6.45) is 3.53. The van der Waals surface area contributed by atoms with Crippen molar-refractivity contribution in [2.24, 2.45) is 0 Å². The number of thiazole rings is 1. The lowest BCUT2D eigenvalue weighted by Gasteiger charge is -2.17. The van der Waals surface area contributed by atoms with Gasteiger partial charge in [0.1, 0.15) is 4.90 Å². The highest BCUT2D eigenvalue weighted by Gasteiger charge is 2.29. The second-order valence-corrected chi connectivity index (χ2v) is 10.7. The number of aromatic amines is 1. The number of rotatable bonds is 5. The van der Waals surface area contributed by atoms with E-state index in [9.17, 15) is 13.2 Å². The minimum Gasteiger partial charge on any atom is -0.360 e. The average molecular weight is 487 g/mol. The molecule has 4 aromatic rings. The summed E-state index contributed by atoms with van der Waals surface area (Å²) in [7, 11) is -3.74. The van der Waals surface area contributed by atoms with Crippen LogP contribution in [0.2, 0.25) is 5.02 Å². The van der Waals surface area contributed by atoms with Crippen LogP contribution in [0.25, 0.3) is 22.2 Å². The molecule has 5 rings (SSSR count). The number of nitrogens with one attached hydrogen (secondary N) is 2. The number of halogens is 1. The molecule has 10 heteroatoms. The van der Waals surface area contributed by atoms with Crippen LogP contribution in [0.3, 0.4) is 0 Å². The molecule has 7 nitrogen and oxygen atoms in total. The Morgan fingerprint density at radius 2 is 1.94 bits per heavy atom. The van der Waals surface area contributed by atoms with E-state index in [1.807, 2.05) is 35.8 Å². The molecule has 0 bridgehead atoms. The highest BCUT2D eigenvalue weighted by Crippen LogP contribution is 2.32. The number of benzene rings is 2. The Morgan fingerprint density at radius 3 is 2.75 bits per heavy atom. The maximum absolute atomic E-state index is 12.9. The molecule has 1 amide bonds. The predicted molar refractivity (Wildman–Crippen MR) is 127 cm³/mol. The second-order valence-electron chi connectivity index (χ2n) is 7.50. The molecule has 0 radical (unpaired) electrons. The molecule has 1 saturated heterocycles. The first-order chi connectivity index (χ1) is 15.4. The van der Waals surface area contributed by atoms with Gasteiger partial charge in [0.2, 0.25) is 10.0 Å². The maximum Gasteiger partial charge on any atom is 0.257 e. The third kappa shape index (κ3) is 3.81. The van der Waals surface area contributed by atoms with E-state index in [-0.39, 0.29) is 15.5 Å². The van der Waals surface area contributed by atoms with Crippen LogP contribution < -0.4 is 5.32 Å². The lowest BCUT2D eigenvalue weighted by atomic mass is 10.1. The van der Waals surface area contributed by atoms with E-state index in [0.717, 1.165) is 35.0 Å². The molecule has 32 heavy (non-hydrogen) atoms. The number of anilines is 1. The summed E-state index contributed by atoms with van der Waals surface area (Å²) in [4.78, 5) is 20.5. The van der Waals surface area contributed by atoms with Gasteiger partial charge in [0, 0.05) is 46.7 Å². The zero-order chi connectivity index (χ0) is 22.3. The zero-order valence-corrected chi connectivity index (χ0v) is 19.2. The van der Waals surface area contributed by atoms with Crippen molar-refractivity contribution in [1.29, 1.82) is 0 Å². The highest BCUT2D eigenvalue weighted by molar-refractivity contribution is 7.89. The fourth-order valence-electron chi connectivity index (χ4n) is 3.82. The Balaban J connectivity index is 1.39. The largest absolute Gasteiger partial charge is 0.360 e. The number of fused-ring (bicyclic) bond motifs is 1. The number of hydrogen-bond donors (Lipinski definition) is 2. The van der Waals surface area contributed by atoms with Crippen molar-refractivity contribution in [2.45, 2.75) is 17.7 Å². The third-order valence-corrected chi connectivity index (χ3v) is 8.60. The molecule has 0 aliphatic carbocycles. The van der Waals surface area contributed by atoms with Crippen molar-refractivity contribution in [3.05, 3.63) is 64.6 Å². The molecule has 0 unspecified atom stereocenters. The van der Waals surface area contributed by atoms with Crippen LogP contribution >= 0.6 is 22.9 Å². The number of aromatic nitrogens is 2. The predicted octanol–water partition coefficient (Wildman–Crippen LogP) is 4.98. The first-order valence-electron chi connectivity index (χ1n) is 10.1. The number of para-hydroxylation sites is 1. The number of nitrogens with zero attached hydrogens (tertiary/aromatic N) is 2. The third-order valence-electron chi connectivity index (χ3n) is 5.47. The van der Waals surface area contributed by atoms with Crippen molar-refractivity contribution in [3.8, 4) is 11.3 Å². The molecule has 2 aromatic carbocycles. The van der Waals surface area contributed by atoms with Gasteiger partial charge in [0.05, 0.1) is 10.7 Å². The van der Waals surface area contributed by atoms with Crippen LogP contribution in [-0.2, 0) is 10.0 Å². The molecular formula is C22H19ClN4O3S2. The molecule has 164 valence electrons. The van der Waals surface area contributed by atoms with Gasteiger partial charge in [0.15, 0.2) is 5.13 Å². The minimum atomic E-state index is -3.74. The lowest BCUT2D eigenvalue weighted by molar-refractivity contribution is 0.102. The highest BCUT2D eigenvalue weighted by atomic mass is 35.5. The number of hydrogen-bond acceptors (Lipinski definition) is 5. The Bertz CT molecular complexity index is 1420. The summed E-state index contributed by atoms with van der Waals surface area (Å²) < 4.78 is 27.3. The molecule has 0 atom stereocenters. The van der Waals surface area contributed by atoms with Gasteiger partial charge in [-0.2, -0.15) is 4.31 Å². The van der Waals surface area contributed by atoms with Crippen LogP contribution in [0.1, 0.15) is 23.2 Å². The first-order valence-corrected chi connectivity index (χ1v) is 12.8. The zero-order valence-electron chi connectivity index (χ0n) is 16.8. The number of amides is 1. The van der Waals surface area contributed by atoms with E-state index < -0.39 is 15.9 Å². The van der Waals surface area contributed by atoms with Crippen molar-refractivity contribution >= 4 is 54.9 Å². The summed E-state index contributed by atoms with van der Waals surface area (Å²) in [6.45, 7) is 0.926. The van der Waals surface area contributed by atoms with Gasteiger partial charge in [0.25, 0.3) is 5.91 Å². The summed E-state index contributed by atoms with van der Waals surface area (Å²) in [5.41, 5.74) is 2.91. The van der Waals surface area contributed by atoms with Gasteiger partial charge in [-0.1, -0.05) is 29.8 Å². The van der Waals surface area contributed by atoms with Gasteiger partial charge in [-0.25, -0.2) is 13.4 Å². The molecule has 1 fully saturated rings. The van der Waals surface area contributed by atoms with Crippen molar-refractivity contribution in [1.82, 2.24) is 14.3 Å². The smallest absolute Gasteiger partial charge is 0.257 e. The standard InChI is InChI=1S/C22H19ClN4O3S2/c23-17-8-7-14(11-20(17)32(29,30)27-9-3-4-10-27)21(28)26-22-25-19(13-31-22)16-12-24-18-6-2-1-5-15(16)18/h1-2,5-8,11-13,24H,3-4,9-10H2,(H,25,26,28). The van der Waals surface area contributed by atoms with E-state index >= 15 is 0 Å². The number of carbonyl (C=O) groups excluding carboxylic acids is 1. The van der Waals surface area contributed by atoms with Gasteiger partial charge in [-0.05, 0) is 37.1 Å². The van der Waals surface area contributed by atoms with Crippen LogP contribution in [0.15, 0.2) is 58.9 Å². The van der Waals surface area contributed by atoms with Gasteiger partial charge in [-0.15, -0.1) is 11.3 Å². The molecule has 0 spiro atoms. The number of sulfonamides is 1. The van der Waals surface area contributed by atoms with E-state index in [4.69, 9.17) is 11.6 Å². The fourth-order valence-corrected chi connectivity index (χ4v) is 6.54. The van der Waals surface area contributed by atoms with Crippen molar-refractivity contribution in [3.63, 3.8) is 0 Å². The molecular weight excluding hydrogens is 468 g/mol. The lowest BCUT2D eigenvalue weighted by Crippen LogP contribution is -2.28. The van der Waals surface area contributed by atoms with Gasteiger partial charge < -0.3 is 4.98 Å². The van der Waals surface area contributed by atoms with Crippen LogP contribution in [-0.4, -0.2) is 41.7 Å². The molecule has 1 aliphatic heterocycles. The molecule has 1 aliphatic rings. The summed E-state index contributed by atoms with van der Waals surface area (Å²) in [6, 6.07) is 12.2. The van der Waals surface area contributed by atoms with E-state index in [1.54, 1.807) is 0 Å². The second kappa shape index (κ2) is 8.32. The Morgan fingerprint density at radius 1 is 1.16 bits per heavy atom. The quantitative estimate of drug-likeness (QED) is 0.415. The summed E-state index contributed by atoms with van der Waals surface area (Å²) >= 11 is 7.48. The molecule has 3 heterocycles. The van der Waals surface area contributed by atoms with E-state index in [2.05, 4.69) is 15.3 Å². The summed E-state index contributed by atoms with van der Waals surface area (Å²) in [5.74, 6) is -0.445. The maximum atomic E-state index is 12.9. The number of H-pyrrole nitrogens is 1. The van der Waals surface area contributed by atoms with E-state index in [1.165, 1.54) is 33.8 Å². The van der Waals surface area contributed by atoms with Gasteiger partial charge in [-0.3, -0.25) is 10.1 Å². The normalized spacial score (nSPS) is 14.8. The SMILES string of the molecule is O=C(Nc1nc(-c2c[nH]c3ccccc23)cs1)c1ccc(Cl)c(S(=O)(=O)N2CCCC2)c1. The molecule has 2 N–H and O–H groups in total. The Kier molecular flexibility index (Phi) is 5.50. The van der Waals surface area contributed by atoms with Crippen molar-refractivity contribution < 1.29 is 13.2 Å². The summed E-state index contributed by atoms with van der Waals surface area (Å²) in [5, 5.41) is 6.21. The Labute approximate surface area is 194 Å².